The molecule has 32 heavy (non-hydrogen) atoms. The Bertz CT molecular complexity index is 1330. The summed E-state index contributed by atoms with van der Waals surface area (Å²) in [5.74, 6) is -0.325. The lowest BCUT2D eigenvalue weighted by Crippen LogP contribution is -2.05. The highest BCUT2D eigenvalue weighted by Crippen LogP contribution is 2.35. The van der Waals surface area contributed by atoms with Crippen LogP contribution in [0.3, 0.4) is 0 Å². The minimum absolute atomic E-state index is 0.325. The van der Waals surface area contributed by atoms with E-state index < -0.39 is 0 Å². The maximum Gasteiger partial charge on any atom is 0.338 e. The van der Waals surface area contributed by atoms with Crippen molar-refractivity contribution in [1.82, 2.24) is 9.55 Å². The van der Waals surface area contributed by atoms with Crippen LogP contribution >= 0.6 is 23.1 Å². The molecule has 0 fully saturated rings. The van der Waals surface area contributed by atoms with Crippen LogP contribution in [0.15, 0.2) is 63.8 Å². The number of hydrogen-bond donors (Lipinski definition) is 0. The van der Waals surface area contributed by atoms with Crippen molar-refractivity contribution in [2.24, 2.45) is 0 Å². The van der Waals surface area contributed by atoms with Gasteiger partial charge in [-0.2, -0.15) is 5.26 Å². The lowest BCUT2D eigenvalue weighted by molar-refractivity contribution is 0.0526. The normalized spacial score (nSPS) is 11.5. The molecule has 0 N–H and O–H groups in total. The number of ether oxygens (including phenoxy) is 1. The highest BCUT2D eigenvalue weighted by atomic mass is 32.2. The molecule has 7 heteroatoms. The Kier molecular flexibility index (Phi) is 6.45. The SMILES string of the molecule is CCOC(=O)c1ccc(-n2c(C)cc(C=C(C#N)Sc3nc4ccccc4s3)c2C)cc1. The van der Waals surface area contributed by atoms with E-state index in [4.69, 9.17) is 4.74 Å². The number of aryl methyl sites for hydroxylation is 1. The molecule has 5 nitrogen and oxygen atoms in total. The number of para-hydroxylation sites is 1. The molecule has 2 aromatic carbocycles. The Labute approximate surface area is 195 Å². The minimum atomic E-state index is -0.325. The van der Waals surface area contributed by atoms with Gasteiger partial charge >= 0.3 is 5.97 Å². The standard InChI is InChI=1S/C25H21N3O2S2/c1-4-30-24(29)18-9-11-20(12-10-18)28-16(2)13-19(17(28)3)14-21(15-26)31-25-27-22-7-5-6-8-23(22)32-25/h5-14H,4H2,1-3H3. The van der Waals surface area contributed by atoms with Gasteiger partial charge in [0, 0.05) is 17.1 Å². The maximum absolute atomic E-state index is 11.9. The fraction of sp³-hybridized carbons (Fsp3) is 0.160. The van der Waals surface area contributed by atoms with E-state index in [0.717, 1.165) is 37.2 Å². The Balaban J connectivity index is 1.62. The first-order chi connectivity index (χ1) is 15.5. The summed E-state index contributed by atoms with van der Waals surface area (Å²) in [5.41, 5.74) is 5.45. The third kappa shape index (κ3) is 4.47. The van der Waals surface area contributed by atoms with Gasteiger partial charge in [-0.25, -0.2) is 9.78 Å². The molecule has 2 heterocycles. The summed E-state index contributed by atoms with van der Waals surface area (Å²) in [6, 6.07) is 19.7. The molecule has 0 saturated carbocycles. The number of nitrogens with zero attached hydrogens (tertiary/aromatic N) is 3. The average molecular weight is 460 g/mol. The minimum Gasteiger partial charge on any atom is -0.462 e. The zero-order valence-corrected chi connectivity index (χ0v) is 19.6. The van der Waals surface area contributed by atoms with Gasteiger partial charge in [-0.15, -0.1) is 11.3 Å². The van der Waals surface area contributed by atoms with Crippen molar-refractivity contribution in [3.05, 3.63) is 82.0 Å². The molecule has 0 aliphatic carbocycles. The van der Waals surface area contributed by atoms with Crippen LogP contribution in [0.25, 0.3) is 22.0 Å². The number of thioether (sulfide) groups is 1. The van der Waals surface area contributed by atoms with Crippen molar-refractivity contribution in [2.45, 2.75) is 25.1 Å². The second kappa shape index (κ2) is 9.43. The molecule has 0 aliphatic rings. The largest absolute Gasteiger partial charge is 0.462 e. The summed E-state index contributed by atoms with van der Waals surface area (Å²) in [6.45, 7) is 6.19. The average Bonchev–Trinajstić information content (AvgIpc) is 3.33. The Morgan fingerprint density at radius 3 is 2.66 bits per heavy atom. The Hall–Kier alpha value is -3.34. The van der Waals surface area contributed by atoms with Gasteiger partial charge in [0.1, 0.15) is 6.07 Å². The van der Waals surface area contributed by atoms with E-state index in [1.807, 2.05) is 56.3 Å². The molecular weight excluding hydrogens is 438 g/mol. The number of carbonyl (C=O) groups is 1. The van der Waals surface area contributed by atoms with Crippen LogP contribution in [0.4, 0.5) is 0 Å². The summed E-state index contributed by atoms with van der Waals surface area (Å²) in [4.78, 5) is 17.1. The number of carbonyl (C=O) groups excluding carboxylic acids is 1. The van der Waals surface area contributed by atoms with Crippen LogP contribution in [0.1, 0.15) is 34.2 Å². The number of nitriles is 1. The van der Waals surface area contributed by atoms with E-state index in [1.54, 1.807) is 30.4 Å². The first-order valence-corrected chi connectivity index (χ1v) is 11.7. The van der Waals surface area contributed by atoms with Crippen LogP contribution in [-0.2, 0) is 4.74 Å². The van der Waals surface area contributed by atoms with Crippen LogP contribution in [0.2, 0.25) is 0 Å². The first kappa shape index (κ1) is 21.9. The van der Waals surface area contributed by atoms with Crippen molar-refractivity contribution in [1.29, 1.82) is 5.26 Å². The molecule has 160 valence electrons. The first-order valence-electron chi connectivity index (χ1n) is 10.1. The van der Waals surface area contributed by atoms with Gasteiger partial charge in [0.2, 0.25) is 0 Å². The fourth-order valence-electron chi connectivity index (χ4n) is 3.51. The number of thiazole rings is 1. The second-order valence-corrected chi connectivity index (χ2v) is 9.42. The molecule has 0 bridgehead atoms. The third-order valence-electron chi connectivity index (χ3n) is 4.98. The Morgan fingerprint density at radius 2 is 1.97 bits per heavy atom. The third-order valence-corrected chi connectivity index (χ3v) is 7.00. The number of allylic oxidation sites excluding steroid dienone is 1. The summed E-state index contributed by atoms with van der Waals surface area (Å²) in [7, 11) is 0. The zero-order valence-electron chi connectivity index (χ0n) is 18.0. The van der Waals surface area contributed by atoms with E-state index in [-0.39, 0.29) is 5.97 Å². The van der Waals surface area contributed by atoms with E-state index in [2.05, 4.69) is 21.7 Å². The number of rotatable bonds is 6. The number of esters is 1. The quantitative estimate of drug-likeness (QED) is 0.186. The van der Waals surface area contributed by atoms with Crippen molar-refractivity contribution in [2.75, 3.05) is 6.61 Å². The number of benzene rings is 2. The maximum atomic E-state index is 11.9. The molecule has 4 rings (SSSR count). The number of hydrogen-bond acceptors (Lipinski definition) is 6. The van der Waals surface area contributed by atoms with Crippen LogP contribution in [-0.4, -0.2) is 22.1 Å². The van der Waals surface area contributed by atoms with Crippen molar-refractivity contribution < 1.29 is 9.53 Å². The molecule has 0 aliphatic heterocycles. The van der Waals surface area contributed by atoms with E-state index >= 15 is 0 Å². The summed E-state index contributed by atoms with van der Waals surface area (Å²) >= 11 is 2.97. The van der Waals surface area contributed by atoms with Gasteiger partial charge in [-0.05, 0) is 86.6 Å². The number of fused-ring (bicyclic) bond motifs is 1. The molecule has 0 unspecified atom stereocenters. The number of aromatic nitrogens is 2. The van der Waals surface area contributed by atoms with Crippen LogP contribution in [0, 0.1) is 25.2 Å². The molecule has 0 saturated heterocycles. The van der Waals surface area contributed by atoms with Gasteiger partial charge < -0.3 is 9.30 Å². The molecule has 2 aromatic heterocycles. The van der Waals surface area contributed by atoms with Gasteiger partial charge in [0.15, 0.2) is 4.34 Å². The lowest BCUT2D eigenvalue weighted by atomic mass is 10.2. The molecule has 0 amide bonds. The highest BCUT2D eigenvalue weighted by molar-refractivity contribution is 8.05. The lowest BCUT2D eigenvalue weighted by Gasteiger charge is -2.10. The van der Waals surface area contributed by atoms with E-state index in [9.17, 15) is 10.1 Å². The molecule has 0 radical (unpaired) electrons. The van der Waals surface area contributed by atoms with Crippen LogP contribution in [0.5, 0.6) is 0 Å². The predicted molar refractivity (Wildman–Crippen MR) is 130 cm³/mol. The molecular formula is C25H21N3O2S2. The molecule has 0 spiro atoms. The Morgan fingerprint density at radius 1 is 1.22 bits per heavy atom. The monoisotopic (exact) mass is 459 g/mol. The molecule has 4 aromatic rings. The second-order valence-electron chi connectivity index (χ2n) is 7.10. The summed E-state index contributed by atoms with van der Waals surface area (Å²) < 4.78 is 9.13. The van der Waals surface area contributed by atoms with Crippen molar-refractivity contribution in [3.63, 3.8) is 0 Å². The highest BCUT2D eigenvalue weighted by Gasteiger charge is 2.13. The smallest absolute Gasteiger partial charge is 0.338 e. The van der Waals surface area contributed by atoms with Gasteiger partial charge in [0.25, 0.3) is 0 Å². The van der Waals surface area contributed by atoms with Crippen molar-refractivity contribution in [3.8, 4) is 11.8 Å². The fourth-order valence-corrected chi connectivity index (χ4v) is 5.47. The van der Waals surface area contributed by atoms with Gasteiger partial charge in [-0.3, -0.25) is 0 Å². The summed E-state index contributed by atoms with van der Waals surface area (Å²) in [6.07, 6.45) is 1.91. The predicted octanol–water partition coefficient (Wildman–Crippen LogP) is 6.54. The summed E-state index contributed by atoms with van der Waals surface area (Å²) in [5, 5.41) is 9.72. The van der Waals surface area contributed by atoms with Crippen molar-refractivity contribution >= 4 is 45.4 Å². The van der Waals surface area contributed by atoms with Crippen LogP contribution < -0.4 is 0 Å². The zero-order chi connectivity index (χ0) is 22.7. The van der Waals surface area contributed by atoms with E-state index in [1.165, 1.54) is 11.8 Å². The topological polar surface area (TPSA) is 67.9 Å². The van der Waals surface area contributed by atoms with Gasteiger partial charge in [0.05, 0.1) is 27.3 Å². The molecule has 0 atom stereocenters. The van der Waals surface area contributed by atoms with E-state index in [0.29, 0.717) is 17.1 Å². The van der Waals surface area contributed by atoms with Gasteiger partial charge in [-0.1, -0.05) is 12.1 Å².